The summed E-state index contributed by atoms with van der Waals surface area (Å²) in [6, 6.07) is 18.8. The van der Waals surface area contributed by atoms with E-state index in [1.807, 2.05) is 25.1 Å². The molecule has 0 aromatic heterocycles. The van der Waals surface area contributed by atoms with E-state index < -0.39 is 5.97 Å². The molecular weight excluding hydrogens is 448 g/mol. The van der Waals surface area contributed by atoms with Crippen LogP contribution in [0.5, 0.6) is 17.2 Å². The van der Waals surface area contributed by atoms with E-state index >= 15 is 0 Å². The zero-order valence-corrected chi connectivity index (χ0v) is 19.9. The number of esters is 1. The predicted molar refractivity (Wildman–Crippen MR) is 133 cm³/mol. The molecule has 0 unspecified atom stereocenters. The van der Waals surface area contributed by atoms with Crippen LogP contribution in [0.2, 0.25) is 0 Å². The maximum absolute atomic E-state index is 12.6. The molecule has 3 aromatic rings. The summed E-state index contributed by atoms with van der Waals surface area (Å²) < 4.78 is 15.9. The Labute approximate surface area is 204 Å². The summed E-state index contributed by atoms with van der Waals surface area (Å²) in [7, 11) is 1.58. The number of methoxy groups -OCH3 is 1. The topological polar surface area (TPSA) is 103 Å². The van der Waals surface area contributed by atoms with Crippen LogP contribution < -0.4 is 24.8 Å². The number of hydrogen-bond acceptors (Lipinski definition) is 6. The normalized spacial score (nSPS) is 10.3. The number of carbonyl (C=O) groups is 3. The van der Waals surface area contributed by atoms with Gasteiger partial charge in [-0.15, -0.1) is 0 Å². The molecule has 0 fully saturated rings. The highest BCUT2D eigenvalue weighted by Crippen LogP contribution is 2.28. The summed E-state index contributed by atoms with van der Waals surface area (Å²) in [5, 5.41) is 5.63. The average Bonchev–Trinajstić information content (AvgIpc) is 2.83. The van der Waals surface area contributed by atoms with E-state index in [0.29, 0.717) is 41.5 Å². The van der Waals surface area contributed by atoms with Crippen LogP contribution in [-0.4, -0.2) is 31.5 Å². The molecule has 8 heteroatoms. The van der Waals surface area contributed by atoms with Crippen LogP contribution in [0.4, 0.5) is 11.4 Å². The molecule has 35 heavy (non-hydrogen) atoms. The Morgan fingerprint density at radius 2 is 1.60 bits per heavy atom. The third kappa shape index (κ3) is 7.60. The van der Waals surface area contributed by atoms with Crippen LogP contribution in [-0.2, 0) is 16.0 Å². The Morgan fingerprint density at radius 3 is 2.31 bits per heavy atom. The number of hydrogen-bond donors (Lipinski definition) is 2. The van der Waals surface area contributed by atoms with Crippen molar-refractivity contribution in [3.05, 3.63) is 77.9 Å². The van der Waals surface area contributed by atoms with Crippen LogP contribution in [0.25, 0.3) is 0 Å². The zero-order valence-electron chi connectivity index (χ0n) is 19.9. The Morgan fingerprint density at radius 1 is 0.857 bits per heavy atom. The van der Waals surface area contributed by atoms with Crippen molar-refractivity contribution in [3.8, 4) is 17.2 Å². The molecule has 2 amide bonds. The molecule has 0 aliphatic carbocycles. The minimum atomic E-state index is -0.465. The van der Waals surface area contributed by atoms with Gasteiger partial charge in [0.2, 0.25) is 5.91 Å². The first-order valence-corrected chi connectivity index (χ1v) is 11.2. The first kappa shape index (κ1) is 25.3. The number of amides is 2. The molecule has 8 nitrogen and oxygen atoms in total. The van der Waals surface area contributed by atoms with Crippen molar-refractivity contribution in [1.82, 2.24) is 0 Å². The minimum Gasteiger partial charge on any atom is -0.493 e. The lowest BCUT2D eigenvalue weighted by atomic mass is 10.1. The van der Waals surface area contributed by atoms with Gasteiger partial charge in [0.1, 0.15) is 5.75 Å². The van der Waals surface area contributed by atoms with Crippen molar-refractivity contribution in [1.29, 1.82) is 0 Å². The van der Waals surface area contributed by atoms with Gasteiger partial charge in [0.15, 0.2) is 11.5 Å². The van der Waals surface area contributed by atoms with Crippen molar-refractivity contribution in [2.75, 3.05) is 24.4 Å². The zero-order chi connectivity index (χ0) is 25.2. The van der Waals surface area contributed by atoms with E-state index in [1.165, 1.54) is 13.0 Å². The standard InChI is InChI=1S/C27H28N2O6/c1-4-34-24-13-11-19(15-25(24)33-3)12-14-26(31)28-21-8-6-9-22(17-21)29-27(32)20-7-5-10-23(16-20)35-18(2)30/h5-11,13,15-17H,4,12,14H2,1-3H3,(H,28,31)(H,29,32). The molecule has 0 radical (unpaired) electrons. The van der Waals surface area contributed by atoms with Crippen molar-refractivity contribution in [2.45, 2.75) is 26.7 Å². The Hall–Kier alpha value is -4.33. The van der Waals surface area contributed by atoms with Gasteiger partial charge in [0, 0.05) is 30.3 Å². The van der Waals surface area contributed by atoms with E-state index in [0.717, 1.165) is 5.56 Å². The summed E-state index contributed by atoms with van der Waals surface area (Å²) in [5.74, 6) is 0.595. The second kappa shape index (κ2) is 12.2. The van der Waals surface area contributed by atoms with Gasteiger partial charge in [-0.1, -0.05) is 18.2 Å². The highest BCUT2D eigenvalue weighted by atomic mass is 16.5. The summed E-state index contributed by atoms with van der Waals surface area (Å²) in [6.45, 7) is 3.74. The number of anilines is 2. The van der Waals surface area contributed by atoms with E-state index in [9.17, 15) is 14.4 Å². The number of ether oxygens (including phenoxy) is 3. The van der Waals surface area contributed by atoms with Gasteiger partial charge in [0.05, 0.1) is 13.7 Å². The average molecular weight is 477 g/mol. The molecule has 0 saturated carbocycles. The summed E-state index contributed by atoms with van der Waals surface area (Å²) in [5.41, 5.74) is 2.37. The van der Waals surface area contributed by atoms with Gasteiger partial charge in [-0.2, -0.15) is 0 Å². The van der Waals surface area contributed by atoms with Gasteiger partial charge in [-0.3, -0.25) is 14.4 Å². The molecule has 182 valence electrons. The third-order valence-corrected chi connectivity index (χ3v) is 4.93. The first-order valence-electron chi connectivity index (χ1n) is 11.2. The SMILES string of the molecule is CCOc1ccc(CCC(=O)Nc2cccc(NC(=O)c3cccc(OC(C)=O)c3)c2)cc1OC. The highest BCUT2D eigenvalue weighted by Gasteiger charge is 2.11. The highest BCUT2D eigenvalue weighted by molar-refractivity contribution is 6.05. The van der Waals surface area contributed by atoms with Gasteiger partial charge in [-0.05, 0) is 67.4 Å². The fraction of sp³-hybridized carbons (Fsp3) is 0.222. The van der Waals surface area contributed by atoms with Crippen LogP contribution in [0.15, 0.2) is 66.7 Å². The van der Waals surface area contributed by atoms with Crippen LogP contribution in [0, 0.1) is 0 Å². The van der Waals surface area contributed by atoms with E-state index in [4.69, 9.17) is 14.2 Å². The Bertz CT molecular complexity index is 1210. The number of benzene rings is 3. The maximum Gasteiger partial charge on any atom is 0.308 e. The quantitative estimate of drug-likeness (QED) is 0.321. The van der Waals surface area contributed by atoms with Crippen molar-refractivity contribution >= 4 is 29.2 Å². The van der Waals surface area contributed by atoms with Crippen LogP contribution >= 0.6 is 0 Å². The predicted octanol–water partition coefficient (Wildman–Crippen LogP) is 4.84. The first-order chi connectivity index (χ1) is 16.9. The fourth-order valence-electron chi connectivity index (χ4n) is 3.37. The van der Waals surface area contributed by atoms with Crippen molar-refractivity contribution in [2.24, 2.45) is 0 Å². The smallest absolute Gasteiger partial charge is 0.308 e. The van der Waals surface area contributed by atoms with Crippen LogP contribution in [0.1, 0.15) is 36.2 Å². The third-order valence-electron chi connectivity index (χ3n) is 4.93. The second-order valence-corrected chi connectivity index (χ2v) is 7.62. The Kier molecular flexibility index (Phi) is 8.83. The van der Waals surface area contributed by atoms with Crippen LogP contribution in [0.3, 0.4) is 0 Å². The van der Waals surface area contributed by atoms with Gasteiger partial charge in [-0.25, -0.2) is 0 Å². The molecule has 3 aromatic carbocycles. The number of nitrogens with one attached hydrogen (secondary N) is 2. The molecule has 2 N–H and O–H groups in total. The molecular formula is C27H28N2O6. The van der Waals surface area contributed by atoms with Gasteiger partial charge < -0.3 is 24.8 Å². The molecule has 0 aliphatic heterocycles. The minimum absolute atomic E-state index is 0.157. The van der Waals surface area contributed by atoms with Gasteiger partial charge >= 0.3 is 5.97 Å². The molecule has 3 rings (SSSR count). The molecule has 0 atom stereocenters. The molecule has 0 saturated heterocycles. The summed E-state index contributed by atoms with van der Waals surface area (Å²) in [4.78, 5) is 36.2. The summed E-state index contributed by atoms with van der Waals surface area (Å²) >= 11 is 0. The molecule has 0 aliphatic rings. The van der Waals surface area contributed by atoms with Crippen molar-refractivity contribution in [3.63, 3.8) is 0 Å². The number of aryl methyl sites for hydroxylation is 1. The lowest BCUT2D eigenvalue weighted by molar-refractivity contribution is -0.131. The molecule has 0 heterocycles. The second-order valence-electron chi connectivity index (χ2n) is 7.62. The Balaban J connectivity index is 1.58. The van der Waals surface area contributed by atoms with E-state index in [1.54, 1.807) is 49.6 Å². The maximum atomic E-state index is 12.6. The lowest BCUT2D eigenvalue weighted by Gasteiger charge is -2.11. The van der Waals surface area contributed by atoms with E-state index in [-0.39, 0.29) is 24.0 Å². The molecule has 0 bridgehead atoms. The molecule has 0 spiro atoms. The van der Waals surface area contributed by atoms with Crippen molar-refractivity contribution < 1.29 is 28.6 Å². The monoisotopic (exact) mass is 476 g/mol. The summed E-state index contributed by atoms with van der Waals surface area (Å²) in [6.07, 6.45) is 0.806. The van der Waals surface area contributed by atoms with Gasteiger partial charge in [0.25, 0.3) is 5.91 Å². The largest absolute Gasteiger partial charge is 0.493 e. The lowest BCUT2D eigenvalue weighted by Crippen LogP contribution is -2.14. The number of carbonyl (C=O) groups excluding carboxylic acids is 3. The number of rotatable bonds is 10. The fourth-order valence-corrected chi connectivity index (χ4v) is 3.37. The van der Waals surface area contributed by atoms with E-state index in [2.05, 4.69) is 10.6 Å².